The van der Waals surface area contributed by atoms with Gasteiger partial charge in [0, 0.05) is 12.8 Å². The van der Waals surface area contributed by atoms with E-state index >= 15 is 0 Å². The molecular weight excluding hydrogens is 308 g/mol. The van der Waals surface area contributed by atoms with E-state index in [-0.39, 0.29) is 0 Å². The maximum absolute atomic E-state index is 6.11. The van der Waals surface area contributed by atoms with Gasteiger partial charge >= 0.3 is 0 Å². The molecule has 1 N–H and O–H groups in total. The first-order valence-corrected chi connectivity index (χ1v) is 8.47. The molecule has 18 heavy (non-hydrogen) atoms. The van der Waals surface area contributed by atoms with E-state index in [2.05, 4.69) is 20.5 Å². The highest BCUT2D eigenvalue weighted by molar-refractivity contribution is 8.02. The third kappa shape index (κ3) is 3.50. The van der Waals surface area contributed by atoms with Crippen LogP contribution < -0.4 is 5.32 Å². The number of nitrogens with one attached hydrogen (secondary N) is 1. The Morgan fingerprint density at radius 1 is 1.33 bits per heavy atom. The zero-order valence-electron chi connectivity index (χ0n) is 9.81. The van der Waals surface area contributed by atoms with Crippen LogP contribution in [0.2, 0.25) is 5.02 Å². The molecule has 0 unspecified atom stereocenters. The lowest BCUT2D eigenvalue weighted by Crippen LogP contribution is -1.96. The van der Waals surface area contributed by atoms with Crippen LogP contribution in [0.5, 0.6) is 0 Å². The second-order valence-electron chi connectivity index (χ2n) is 3.20. The Kier molecular flexibility index (Phi) is 5.11. The fraction of sp³-hybridized carbons (Fsp3) is 0.300. The number of thioether (sulfide) groups is 2. The third-order valence-electron chi connectivity index (χ3n) is 2.07. The van der Waals surface area contributed by atoms with E-state index in [1.807, 2.05) is 25.4 Å². The van der Waals surface area contributed by atoms with Crippen LogP contribution in [-0.4, -0.2) is 28.5 Å². The Bertz CT molecular complexity index is 532. The molecule has 96 valence electrons. The van der Waals surface area contributed by atoms with E-state index in [0.717, 1.165) is 20.2 Å². The molecule has 2 aromatic rings. The summed E-state index contributed by atoms with van der Waals surface area (Å²) in [7, 11) is 1.84. The number of hydrogen-bond acceptors (Lipinski definition) is 7. The minimum absolute atomic E-state index is 0.677. The van der Waals surface area contributed by atoms with E-state index in [1.54, 1.807) is 34.9 Å². The van der Waals surface area contributed by atoms with Crippen LogP contribution in [0.1, 0.15) is 5.69 Å². The number of anilines is 1. The highest BCUT2D eigenvalue weighted by atomic mass is 35.5. The molecule has 0 aliphatic carbocycles. The summed E-state index contributed by atoms with van der Waals surface area (Å²) in [5.41, 5.74) is 0.856. The van der Waals surface area contributed by atoms with Gasteiger partial charge in [-0.15, -0.1) is 10.2 Å². The average molecular weight is 319 g/mol. The molecule has 0 spiro atoms. The zero-order valence-corrected chi connectivity index (χ0v) is 13.0. The van der Waals surface area contributed by atoms with Crippen LogP contribution in [0.25, 0.3) is 0 Å². The summed E-state index contributed by atoms with van der Waals surface area (Å²) in [6.07, 6.45) is 1.99. The van der Waals surface area contributed by atoms with Gasteiger partial charge in [0.2, 0.25) is 0 Å². The molecule has 0 saturated heterocycles. The molecule has 2 rings (SSSR count). The first kappa shape index (κ1) is 13.9. The van der Waals surface area contributed by atoms with Crippen molar-refractivity contribution in [2.75, 3.05) is 18.6 Å². The predicted molar refractivity (Wildman–Crippen MR) is 80.0 cm³/mol. The molecule has 0 saturated carbocycles. The lowest BCUT2D eigenvalue weighted by atomic mass is 10.3. The van der Waals surface area contributed by atoms with Crippen LogP contribution >= 0.6 is 46.5 Å². The van der Waals surface area contributed by atoms with Gasteiger partial charge in [-0.1, -0.05) is 46.5 Å². The van der Waals surface area contributed by atoms with Gasteiger partial charge in [-0.2, -0.15) is 0 Å². The smallest absolute Gasteiger partial charge is 0.175 e. The lowest BCUT2D eigenvalue weighted by molar-refractivity contribution is 0.955. The van der Waals surface area contributed by atoms with Crippen LogP contribution in [0, 0.1) is 0 Å². The van der Waals surface area contributed by atoms with Crippen molar-refractivity contribution in [1.29, 1.82) is 0 Å². The molecule has 2 heterocycles. The monoisotopic (exact) mass is 318 g/mol. The summed E-state index contributed by atoms with van der Waals surface area (Å²) in [5.74, 6) is 1.51. The molecule has 0 aliphatic heterocycles. The van der Waals surface area contributed by atoms with Crippen molar-refractivity contribution in [3.05, 3.63) is 22.8 Å². The number of halogens is 1. The summed E-state index contributed by atoms with van der Waals surface area (Å²) in [6.45, 7) is 0. The third-order valence-corrected chi connectivity index (χ3v) is 5.46. The molecule has 0 aliphatic rings. The standard InChI is InChI=1S/C10H11ClN4S3/c1-12-8-4-3-6(11)7(13-8)5-17-10-15-14-9(16-2)18-10/h3-4H,5H2,1-2H3,(H,12,13). The van der Waals surface area contributed by atoms with Crippen LogP contribution in [-0.2, 0) is 5.75 Å². The Labute approximate surface area is 123 Å². The van der Waals surface area contributed by atoms with Crippen molar-refractivity contribution >= 4 is 52.3 Å². The summed E-state index contributed by atoms with van der Waals surface area (Å²) < 4.78 is 1.91. The fourth-order valence-electron chi connectivity index (χ4n) is 1.19. The minimum atomic E-state index is 0.677. The molecule has 0 aromatic carbocycles. The summed E-state index contributed by atoms with van der Waals surface area (Å²) in [6, 6.07) is 3.71. The van der Waals surface area contributed by atoms with Gasteiger partial charge in [0.25, 0.3) is 0 Å². The van der Waals surface area contributed by atoms with Gasteiger partial charge in [-0.25, -0.2) is 4.98 Å². The Balaban J connectivity index is 2.05. The number of aromatic nitrogens is 3. The van der Waals surface area contributed by atoms with Gasteiger partial charge in [-0.05, 0) is 18.4 Å². The normalized spacial score (nSPS) is 10.6. The second kappa shape index (κ2) is 6.60. The van der Waals surface area contributed by atoms with Crippen LogP contribution in [0.4, 0.5) is 5.82 Å². The largest absolute Gasteiger partial charge is 0.373 e. The molecule has 0 fully saturated rings. The number of rotatable bonds is 5. The van der Waals surface area contributed by atoms with Gasteiger partial charge < -0.3 is 5.32 Å². The van der Waals surface area contributed by atoms with E-state index in [9.17, 15) is 0 Å². The quantitative estimate of drug-likeness (QED) is 0.849. The maximum Gasteiger partial charge on any atom is 0.175 e. The summed E-state index contributed by atoms with van der Waals surface area (Å²) >= 11 is 10.9. The summed E-state index contributed by atoms with van der Waals surface area (Å²) in [5, 5.41) is 11.8. The summed E-state index contributed by atoms with van der Waals surface area (Å²) in [4.78, 5) is 4.42. The molecule has 0 atom stereocenters. The topological polar surface area (TPSA) is 50.7 Å². The predicted octanol–water partition coefficient (Wildman–Crippen LogP) is 3.64. The average Bonchev–Trinajstić information content (AvgIpc) is 2.86. The molecular formula is C10H11ClN4S3. The van der Waals surface area contributed by atoms with Gasteiger partial charge in [0.1, 0.15) is 5.82 Å². The minimum Gasteiger partial charge on any atom is -0.373 e. The van der Waals surface area contributed by atoms with E-state index in [4.69, 9.17) is 11.6 Å². The van der Waals surface area contributed by atoms with Crippen LogP contribution in [0.15, 0.2) is 20.8 Å². The van der Waals surface area contributed by atoms with Crippen LogP contribution in [0.3, 0.4) is 0 Å². The van der Waals surface area contributed by atoms with Crippen molar-refractivity contribution in [2.24, 2.45) is 0 Å². The highest BCUT2D eigenvalue weighted by Crippen LogP contribution is 2.31. The first-order valence-electron chi connectivity index (χ1n) is 5.06. The molecule has 4 nitrogen and oxygen atoms in total. The Morgan fingerprint density at radius 3 is 2.78 bits per heavy atom. The Morgan fingerprint density at radius 2 is 2.11 bits per heavy atom. The number of nitrogens with zero attached hydrogens (tertiary/aromatic N) is 3. The first-order chi connectivity index (χ1) is 8.72. The molecule has 0 bridgehead atoms. The maximum atomic E-state index is 6.11. The van der Waals surface area contributed by atoms with Gasteiger partial charge in [0.15, 0.2) is 8.68 Å². The van der Waals surface area contributed by atoms with Gasteiger partial charge in [0.05, 0.1) is 10.7 Å². The van der Waals surface area contributed by atoms with Gasteiger partial charge in [-0.3, -0.25) is 0 Å². The van der Waals surface area contributed by atoms with E-state index in [1.165, 1.54) is 0 Å². The molecule has 2 aromatic heterocycles. The molecule has 0 radical (unpaired) electrons. The lowest BCUT2D eigenvalue weighted by Gasteiger charge is -2.04. The molecule has 8 heteroatoms. The second-order valence-corrected chi connectivity index (χ2v) is 6.86. The van der Waals surface area contributed by atoms with Crippen molar-refractivity contribution in [3.63, 3.8) is 0 Å². The Hall–Kier alpha value is -0.500. The number of pyridine rings is 1. The van der Waals surface area contributed by atoms with E-state index in [0.29, 0.717) is 10.8 Å². The van der Waals surface area contributed by atoms with Crippen molar-refractivity contribution < 1.29 is 0 Å². The fourth-order valence-corrected chi connectivity index (χ4v) is 3.84. The SMILES string of the molecule is CNc1ccc(Cl)c(CSc2nnc(SC)s2)n1. The van der Waals surface area contributed by atoms with Crippen molar-refractivity contribution in [3.8, 4) is 0 Å². The van der Waals surface area contributed by atoms with E-state index < -0.39 is 0 Å². The zero-order chi connectivity index (χ0) is 13.0. The highest BCUT2D eigenvalue weighted by Gasteiger charge is 2.08. The molecule has 0 amide bonds. The van der Waals surface area contributed by atoms with Crippen molar-refractivity contribution in [1.82, 2.24) is 15.2 Å². The number of hydrogen-bond donors (Lipinski definition) is 1. The van der Waals surface area contributed by atoms with Crippen molar-refractivity contribution in [2.45, 2.75) is 14.4 Å².